The Hall–Kier alpha value is -4.68. The molecule has 3 N–H and O–H groups in total. The Morgan fingerprint density at radius 3 is 2.72 bits per heavy atom. The number of nitrogens with one attached hydrogen (secondary N) is 3. The zero-order valence-corrected chi connectivity index (χ0v) is 21.8. The molecule has 0 unspecified atom stereocenters. The van der Waals surface area contributed by atoms with E-state index in [0.717, 1.165) is 11.9 Å². The fourth-order valence-corrected chi connectivity index (χ4v) is 4.17. The van der Waals surface area contributed by atoms with Gasteiger partial charge in [0.1, 0.15) is 5.82 Å². The standard InChI is InChI=1S/C26H29FN8O4/c1-4-38-25(37)35-12-10-34(11-13-35)17-7-5-6-16(14-17)29-24-28-15-18(27)21(33-24)30-20-9-8-19-22(31-20)32-23(36)26(2,3)39-19/h5-9,14-15H,4,10-13H2,1-3H3,(H3,28,29,30,31,32,33,36). The highest BCUT2D eigenvalue weighted by Crippen LogP contribution is 2.33. The molecule has 13 heteroatoms. The first-order valence-electron chi connectivity index (χ1n) is 12.6. The minimum Gasteiger partial charge on any atom is -0.474 e. The van der Waals surface area contributed by atoms with E-state index < -0.39 is 11.4 Å². The SMILES string of the molecule is CCOC(=O)N1CCN(c2cccc(Nc3ncc(F)c(Nc4ccc5c(n4)NC(=O)C(C)(C)O5)n3)c2)CC1. The molecule has 204 valence electrons. The third-order valence-electron chi connectivity index (χ3n) is 6.27. The van der Waals surface area contributed by atoms with Crippen LogP contribution in [0.2, 0.25) is 0 Å². The van der Waals surface area contributed by atoms with Gasteiger partial charge in [0.05, 0.1) is 12.8 Å². The number of aromatic nitrogens is 3. The second-order valence-electron chi connectivity index (χ2n) is 9.47. The summed E-state index contributed by atoms with van der Waals surface area (Å²) in [4.78, 5) is 40.7. The average Bonchev–Trinajstić information content (AvgIpc) is 2.92. The average molecular weight is 537 g/mol. The van der Waals surface area contributed by atoms with Gasteiger partial charge in [-0.05, 0) is 51.1 Å². The fourth-order valence-electron chi connectivity index (χ4n) is 4.17. The number of anilines is 6. The number of benzene rings is 1. The number of amides is 2. The molecule has 1 aromatic carbocycles. The van der Waals surface area contributed by atoms with Crippen LogP contribution < -0.4 is 25.6 Å². The highest BCUT2D eigenvalue weighted by atomic mass is 19.1. The van der Waals surface area contributed by atoms with Crippen LogP contribution in [0.5, 0.6) is 5.75 Å². The molecule has 2 aromatic heterocycles. The van der Waals surface area contributed by atoms with Crippen molar-refractivity contribution in [3.05, 3.63) is 48.4 Å². The first-order chi connectivity index (χ1) is 18.7. The van der Waals surface area contributed by atoms with Crippen molar-refractivity contribution in [2.75, 3.05) is 53.6 Å². The summed E-state index contributed by atoms with van der Waals surface area (Å²) in [5.74, 6) is 0.00559. The summed E-state index contributed by atoms with van der Waals surface area (Å²) in [5.41, 5.74) is 0.666. The third-order valence-corrected chi connectivity index (χ3v) is 6.27. The van der Waals surface area contributed by atoms with E-state index in [4.69, 9.17) is 9.47 Å². The van der Waals surface area contributed by atoms with E-state index >= 15 is 0 Å². The quantitative estimate of drug-likeness (QED) is 0.426. The summed E-state index contributed by atoms with van der Waals surface area (Å²) in [6.07, 6.45) is 0.764. The number of carbonyl (C=O) groups is 2. The Bertz CT molecular complexity index is 1390. The Kier molecular flexibility index (Phi) is 7.05. The molecular formula is C26H29FN8O4. The zero-order valence-electron chi connectivity index (χ0n) is 21.8. The van der Waals surface area contributed by atoms with Gasteiger partial charge < -0.3 is 35.2 Å². The summed E-state index contributed by atoms with van der Waals surface area (Å²) in [6, 6.07) is 10.9. The topological polar surface area (TPSA) is 134 Å². The second kappa shape index (κ2) is 10.6. The predicted molar refractivity (Wildman–Crippen MR) is 143 cm³/mol. The van der Waals surface area contributed by atoms with E-state index in [-0.39, 0.29) is 35.4 Å². The maximum absolute atomic E-state index is 14.6. The van der Waals surface area contributed by atoms with Crippen molar-refractivity contribution in [2.45, 2.75) is 26.4 Å². The molecule has 5 rings (SSSR count). The van der Waals surface area contributed by atoms with Gasteiger partial charge in [0, 0.05) is 37.6 Å². The molecule has 2 amide bonds. The van der Waals surface area contributed by atoms with Crippen LogP contribution in [0.3, 0.4) is 0 Å². The molecule has 12 nitrogen and oxygen atoms in total. The van der Waals surface area contributed by atoms with Gasteiger partial charge >= 0.3 is 6.09 Å². The second-order valence-corrected chi connectivity index (χ2v) is 9.47. The number of hydrogen-bond donors (Lipinski definition) is 3. The van der Waals surface area contributed by atoms with Crippen LogP contribution in [0.15, 0.2) is 42.6 Å². The molecule has 0 saturated carbocycles. The van der Waals surface area contributed by atoms with Gasteiger partial charge in [-0.3, -0.25) is 4.79 Å². The molecule has 0 bridgehead atoms. The summed E-state index contributed by atoms with van der Waals surface area (Å²) in [6.45, 7) is 7.92. The number of nitrogens with zero attached hydrogens (tertiary/aromatic N) is 5. The molecular weight excluding hydrogens is 507 g/mol. The van der Waals surface area contributed by atoms with E-state index in [1.165, 1.54) is 0 Å². The van der Waals surface area contributed by atoms with Crippen LogP contribution in [0.25, 0.3) is 0 Å². The van der Waals surface area contributed by atoms with Crippen molar-refractivity contribution in [3.63, 3.8) is 0 Å². The number of piperazine rings is 1. The monoisotopic (exact) mass is 536 g/mol. The summed E-state index contributed by atoms with van der Waals surface area (Å²) >= 11 is 0. The molecule has 1 saturated heterocycles. The van der Waals surface area contributed by atoms with Crippen LogP contribution in [-0.4, -0.2) is 70.2 Å². The Morgan fingerprint density at radius 2 is 1.95 bits per heavy atom. The largest absolute Gasteiger partial charge is 0.474 e. The smallest absolute Gasteiger partial charge is 0.409 e. The van der Waals surface area contributed by atoms with Crippen LogP contribution in [0.1, 0.15) is 20.8 Å². The van der Waals surface area contributed by atoms with Crippen LogP contribution in [-0.2, 0) is 9.53 Å². The number of pyridine rings is 1. The molecule has 0 aliphatic carbocycles. The first-order valence-corrected chi connectivity index (χ1v) is 12.6. The lowest BCUT2D eigenvalue weighted by Crippen LogP contribution is -2.49. The van der Waals surface area contributed by atoms with Gasteiger partial charge in [-0.15, -0.1) is 0 Å². The number of rotatable bonds is 6. The summed E-state index contributed by atoms with van der Waals surface area (Å²) in [7, 11) is 0. The highest BCUT2D eigenvalue weighted by Gasteiger charge is 2.36. The maximum Gasteiger partial charge on any atom is 0.409 e. The van der Waals surface area contributed by atoms with Gasteiger partial charge in [0.25, 0.3) is 5.91 Å². The minimum atomic E-state index is -1.02. The Balaban J connectivity index is 1.26. The van der Waals surface area contributed by atoms with Crippen molar-refractivity contribution in [2.24, 2.45) is 0 Å². The molecule has 0 atom stereocenters. The number of ether oxygens (including phenoxy) is 2. The molecule has 39 heavy (non-hydrogen) atoms. The van der Waals surface area contributed by atoms with Crippen LogP contribution >= 0.6 is 0 Å². The highest BCUT2D eigenvalue weighted by molar-refractivity contribution is 5.99. The van der Waals surface area contributed by atoms with E-state index in [0.29, 0.717) is 44.2 Å². The number of carbonyl (C=O) groups excluding carboxylic acids is 2. The van der Waals surface area contributed by atoms with Crippen molar-refractivity contribution in [1.82, 2.24) is 19.9 Å². The van der Waals surface area contributed by atoms with Gasteiger partial charge in [-0.2, -0.15) is 4.98 Å². The lowest BCUT2D eigenvalue weighted by molar-refractivity contribution is -0.129. The number of halogens is 1. The Morgan fingerprint density at radius 1 is 1.15 bits per heavy atom. The number of fused-ring (bicyclic) bond motifs is 1. The third kappa shape index (κ3) is 5.76. The molecule has 1 fully saturated rings. The minimum absolute atomic E-state index is 0.0884. The van der Waals surface area contributed by atoms with Gasteiger partial charge in [-0.1, -0.05) is 6.07 Å². The van der Waals surface area contributed by atoms with Crippen molar-refractivity contribution in [1.29, 1.82) is 0 Å². The van der Waals surface area contributed by atoms with E-state index in [1.807, 2.05) is 24.3 Å². The normalized spacial score (nSPS) is 16.1. The lowest BCUT2D eigenvalue weighted by Gasteiger charge is -2.35. The molecule has 0 radical (unpaired) electrons. The van der Waals surface area contributed by atoms with Crippen molar-refractivity contribution < 1.29 is 23.5 Å². The van der Waals surface area contributed by atoms with Gasteiger partial charge in [0.15, 0.2) is 28.8 Å². The summed E-state index contributed by atoms with van der Waals surface area (Å²) in [5, 5.41) is 8.64. The Labute approximate surface area is 224 Å². The molecule has 4 heterocycles. The predicted octanol–water partition coefficient (Wildman–Crippen LogP) is 3.89. The molecule has 2 aliphatic heterocycles. The van der Waals surface area contributed by atoms with Crippen molar-refractivity contribution in [3.8, 4) is 5.75 Å². The first kappa shape index (κ1) is 25.9. The van der Waals surface area contributed by atoms with Crippen molar-refractivity contribution >= 4 is 46.8 Å². The van der Waals surface area contributed by atoms with Crippen LogP contribution in [0, 0.1) is 5.82 Å². The van der Waals surface area contributed by atoms with Crippen LogP contribution in [0.4, 0.5) is 44.0 Å². The zero-order chi connectivity index (χ0) is 27.6. The maximum atomic E-state index is 14.6. The fraction of sp³-hybridized carbons (Fsp3) is 0.346. The lowest BCUT2D eigenvalue weighted by atomic mass is 10.1. The van der Waals surface area contributed by atoms with Gasteiger partial charge in [-0.25, -0.2) is 19.2 Å². The molecule has 2 aliphatic rings. The van der Waals surface area contributed by atoms with E-state index in [1.54, 1.807) is 37.8 Å². The molecule has 0 spiro atoms. The summed E-state index contributed by atoms with van der Waals surface area (Å²) < 4.78 is 25.3. The van der Waals surface area contributed by atoms with E-state index in [2.05, 4.69) is 35.8 Å². The van der Waals surface area contributed by atoms with E-state index in [9.17, 15) is 14.0 Å². The number of hydrogen-bond acceptors (Lipinski definition) is 10. The van der Waals surface area contributed by atoms with Gasteiger partial charge in [0.2, 0.25) is 5.95 Å². The molecule has 3 aromatic rings.